The summed E-state index contributed by atoms with van der Waals surface area (Å²) in [7, 11) is 1.66. The topological polar surface area (TPSA) is 86.5 Å². The van der Waals surface area contributed by atoms with Crippen LogP contribution in [0.15, 0.2) is 0 Å². The third-order valence-electron chi connectivity index (χ3n) is 2.01. The maximum Gasteiger partial charge on any atom is 0.184 e. The van der Waals surface area contributed by atoms with Crippen LogP contribution in [-0.2, 0) is 19.9 Å². The summed E-state index contributed by atoms with van der Waals surface area (Å²) in [6, 6.07) is 0. The first-order valence-corrected chi connectivity index (χ1v) is 5.55. The highest BCUT2D eigenvalue weighted by Crippen LogP contribution is 2.13. The van der Waals surface area contributed by atoms with E-state index in [2.05, 4.69) is 25.0 Å². The first kappa shape index (κ1) is 10.8. The third-order valence-corrected chi connectivity index (χ3v) is 2.82. The summed E-state index contributed by atoms with van der Waals surface area (Å²) in [6.07, 6.45) is 0.843. The molecule has 0 spiro atoms. The molecule has 2 rings (SSSR count). The normalized spacial score (nSPS) is 10.6. The van der Waals surface area contributed by atoms with E-state index in [1.807, 2.05) is 6.92 Å². The van der Waals surface area contributed by atoms with Crippen molar-refractivity contribution in [3.05, 3.63) is 16.4 Å². The zero-order valence-electron chi connectivity index (χ0n) is 8.91. The van der Waals surface area contributed by atoms with Crippen molar-refractivity contribution in [3.8, 4) is 0 Å². The molecule has 84 valence electrons. The lowest BCUT2D eigenvalue weighted by atomic mass is 10.2. The van der Waals surface area contributed by atoms with Crippen LogP contribution in [0, 0.1) is 0 Å². The van der Waals surface area contributed by atoms with Crippen LogP contribution >= 0.6 is 11.5 Å². The summed E-state index contributed by atoms with van der Waals surface area (Å²) < 4.78 is 3.77. The quantitative estimate of drug-likeness (QED) is 0.699. The highest BCUT2D eigenvalue weighted by Gasteiger charge is 2.17. The van der Waals surface area contributed by atoms with E-state index < -0.39 is 0 Å². The number of ketones is 1. The van der Waals surface area contributed by atoms with E-state index in [1.165, 1.54) is 4.80 Å². The first-order chi connectivity index (χ1) is 7.70. The van der Waals surface area contributed by atoms with Crippen LogP contribution in [-0.4, -0.2) is 35.6 Å². The second kappa shape index (κ2) is 4.44. The van der Waals surface area contributed by atoms with E-state index in [4.69, 9.17) is 0 Å². The molecule has 0 N–H and O–H groups in total. The molecule has 2 aromatic heterocycles. The highest BCUT2D eigenvalue weighted by molar-refractivity contribution is 7.08. The molecule has 0 aliphatic heterocycles. The fourth-order valence-electron chi connectivity index (χ4n) is 1.27. The summed E-state index contributed by atoms with van der Waals surface area (Å²) in [4.78, 5) is 13.8. The molecule has 16 heavy (non-hydrogen) atoms. The minimum absolute atomic E-state index is 0.0557. The number of aryl methyl sites for hydroxylation is 2. The molecule has 0 saturated carbocycles. The molecule has 0 unspecified atom stereocenters. The lowest BCUT2D eigenvalue weighted by molar-refractivity contribution is 0.0993. The van der Waals surface area contributed by atoms with Crippen LogP contribution in [0.5, 0.6) is 0 Å². The Morgan fingerprint density at radius 1 is 1.44 bits per heavy atom. The van der Waals surface area contributed by atoms with Crippen LogP contribution < -0.4 is 0 Å². The van der Waals surface area contributed by atoms with Crippen molar-refractivity contribution in [1.29, 1.82) is 0 Å². The minimum Gasteiger partial charge on any atom is -0.293 e. The number of carbonyl (C=O) groups excluding carboxylic acids is 1. The Morgan fingerprint density at radius 2 is 2.25 bits per heavy atom. The number of hydrogen-bond donors (Lipinski definition) is 0. The van der Waals surface area contributed by atoms with Gasteiger partial charge in [0.1, 0.15) is 4.88 Å². The number of tetrazole rings is 1. The second-order valence-electron chi connectivity index (χ2n) is 3.20. The Kier molecular flexibility index (Phi) is 3.00. The molecule has 8 heteroatoms. The van der Waals surface area contributed by atoms with Crippen LogP contribution in [0.4, 0.5) is 0 Å². The van der Waals surface area contributed by atoms with Crippen molar-refractivity contribution >= 4 is 17.3 Å². The van der Waals surface area contributed by atoms with Crippen LogP contribution in [0.3, 0.4) is 0 Å². The van der Waals surface area contributed by atoms with Gasteiger partial charge in [0.15, 0.2) is 11.6 Å². The fraction of sp³-hybridized carbons (Fsp3) is 0.500. The summed E-state index contributed by atoms with van der Waals surface area (Å²) >= 11 is 1.11. The van der Waals surface area contributed by atoms with Crippen molar-refractivity contribution in [3.63, 3.8) is 0 Å². The van der Waals surface area contributed by atoms with Crippen molar-refractivity contribution in [2.75, 3.05) is 0 Å². The molecule has 0 aromatic carbocycles. The zero-order valence-corrected chi connectivity index (χ0v) is 9.73. The molecule has 0 aliphatic rings. The molecule has 0 amide bonds. The molecule has 7 nitrogen and oxygen atoms in total. The predicted molar refractivity (Wildman–Crippen MR) is 56.1 cm³/mol. The molecule has 2 aromatic rings. The number of carbonyl (C=O) groups is 1. The van der Waals surface area contributed by atoms with Gasteiger partial charge in [-0.05, 0) is 23.2 Å². The fourth-order valence-corrected chi connectivity index (χ4v) is 1.96. The Morgan fingerprint density at radius 3 is 2.88 bits per heavy atom. The zero-order chi connectivity index (χ0) is 11.5. The largest absolute Gasteiger partial charge is 0.293 e. The maximum atomic E-state index is 11.9. The van der Waals surface area contributed by atoms with Gasteiger partial charge in [0.2, 0.25) is 0 Å². The van der Waals surface area contributed by atoms with Crippen molar-refractivity contribution in [2.24, 2.45) is 7.05 Å². The molecule has 0 atom stereocenters. The van der Waals surface area contributed by atoms with Gasteiger partial charge in [-0.1, -0.05) is 11.4 Å². The van der Waals surface area contributed by atoms with E-state index in [0.29, 0.717) is 17.1 Å². The molecule has 2 heterocycles. The van der Waals surface area contributed by atoms with Gasteiger partial charge in [-0.3, -0.25) is 4.79 Å². The SMILES string of the molecule is CCc1nnsc1C(=O)Cc1nnn(C)n1. The molecule has 0 aliphatic carbocycles. The Bertz CT molecular complexity index is 504. The van der Waals surface area contributed by atoms with Crippen molar-refractivity contribution in [1.82, 2.24) is 29.8 Å². The Labute approximate surface area is 95.6 Å². The third kappa shape index (κ3) is 2.11. The average Bonchev–Trinajstić information content (AvgIpc) is 2.86. The predicted octanol–water partition coefficient (Wildman–Crippen LogP) is 0.0494. The lowest BCUT2D eigenvalue weighted by Crippen LogP contribution is -2.06. The van der Waals surface area contributed by atoms with Gasteiger partial charge in [0.05, 0.1) is 19.2 Å². The van der Waals surface area contributed by atoms with Gasteiger partial charge >= 0.3 is 0 Å². The molecule has 0 fully saturated rings. The second-order valence-corrected chi connectivity index (χ2v) is 3.95. The molecular formula is C8H10N6OS. The monoisotopic (exact) mass is 238 g/mol. The molecule has 0 bridgehead atoms. The molecule has 0 radical (unpaired) electrons. The van der Waals surface area contributed by atoms with Gasteiger partial charge < -0.3 is 0 Å². The Balaban J connectivity index is 2.14. The van der Waals surface area contributed by atoms with Gasteiger partial charge in [-0.2, -0.15) is 4.80 Å². The smallest absolute Gasteiger partial charge is 0.184 e. The number of aromatic nitrogens is 6. The van der Waals surface area contributed by atoms with Crippen LogP contribution in [0.1, 0.15) is 28.1 Å². The van der Waals surface area contributed by atoms with Crippen LogP contribution in [0.25, 0.3) is 0 Å². The summed E-state index contributed by atoms with van der Waals surface area (Å²) in [5.41, 5.74) is 0.735. The number of Topliss-reactive ketones (excluding diaryl/α,β-unsaturated/α-hetero) is 1. The van der Waals surface area contributed by atoms with E-state index in [0.717, 1.165) is 17.2 Å². The van der Waals surface area contributed by atoms with E-state index in [-0.39, 0.29) is 12.2 Å². The molecule has 0 saturated heterocycles. The number of rotatable bonds is 4. The average molecular weight is 238 g/mol. The summed E-state index contributed by atoms with van der Waals surface area (Å²) in [6.45, 7) is 1.94. The van der Waals surface area contributed by atoms with Crippen molar-refractivity contribution in [2.45, 2.75) is 19.8 Å². The van der Waals surface area contributed by atoms with E-state index in [9.17, 15) is 4.79 Å². The maximum absolute atomic E-state index is 11.9. The van der Waals surface area contributed by atoms with Gasteiger partial charge in [-0.15, -0.1) is 15.3 Å². The first-order valence-electron chi connectivity index (χ1n) is 4.78. The standard InChI is InChI=1S/C8H10N6OS/c1-3-5-8(16-13-9-5)6(15)4-7-10-12-14(2)11-7/h3-4H2,1-2H3. The van der Waals surface area contributed by atoms with Gasteiger partial charge in [0.25, 0.3) is 0 Å². The van der Waals surface area contributed by atoms with Crippen LogP contribution in [0.2, 0.25) is 0 Å². The minimum atomic E-state index is -0.0557. The van der Waals surface area contributed by atoms with Gasteiger partial charge in [-0.25, -0.2) is 0 Å². The Hall–Kier alpha value is -1.70. The van der Waals surface area contributed by atoms with E-state index >= 15 is 0 Å². The molecular weight excluding hydrogens is 228 g/mol. The van der Waals surface area contributed by atoms with Gasteiger partial charge in [0, 0.05) is 0 Å². The summed E-state index contributed by atoms with van der Waals surface area (Å²) in [5.74, 6) is 0.364. The number of nitrogens with zero attached hydrogens (tertiary/aromatic N) is 6. The summed E-state index contributed by atoms with van der Waals surface area (Å²) in [5, 5.41) is 15.3. The number of hydrogen-bond acceptors (Lipinski definition) is 7. The van der Waals surface area contributed by atoms with Crippen molar-refractivity contribution < 1.29 is 4.79 Å². The van der Waals surface area contributed by atoms with E-state index in [1.54, 1.807) is 7.05 Å². The lowest BCUT2D eigenvalue weighted by Gasteiger charge is -1.94. The highest BCUT2D eigenvalue weighted by atomic mass is 32.1.